The smallest absolute Gasteiger partial charge is 0.354 e. The Balaban J connectivity index is 0.000000127. The molecule has 0 unspecified atom stereocenters. The number of carbonyl (C=O) groups is 3. The summed E-state index contributed by atoms with van der Waals surface area (Å²) in [6.45, 7) is 4.93. The number of halogens is 1. The van der Waals surface area contributed by atoms with Crippen LogP contribution in [0.5, 0.6) is 0 Å². The number of Topliss-reactive ketones (excluding diaryl/α,β-unsaturated/α-hetero) is 1. The lowest BCUT2D eigenvalue weighted by molar-refractivity contribution is 0.0690. The lowest BCUT2D eigenvalue weighted by atomic mass is 10.1. The van der Waals surface area contributed by atoms with E-state index in [0.29, 0.717) is 51.0 Å². The van der Waals surface area contributed by atoms with Crippen molar-refractivity contribution >= 4 is 28.6 Å². The molecule has 3 aliphatic rings. The summed E-state index contributed by atoms with van der Waals surface area (Å²) in [4.78, 5) is 43.8. The summed E-state index contributed by atoms with van der Waals surface area (Å²) < 4.78 is 15.5. The van der Waals surface area contributed by atoms with E-state index in [2.05, 4.69) is 15.0 Å². The van der Waals surface area contributed by atoms with Gasteiger partial charge in [-0.15, -0.1) is 0 Å². The minimum absolute atomic E-state index is 0.00435. The zero-order chi connectivity index (χ0) is 25.7. The summed E-state index contributed by atoms with van der Waals surface area (Å²) in [6.07, 6.45) is 4.92. The van der Waals surface area contributed by atoms with Crippen LogP contribution in [0.3, 0.4) is 0 Å². The molecule has 1 N–H and O–H groups in total. The molecule has 0 saturated carbocycles. The molecule has 186 valence electrons. The number of rotatable bonds is 3. The van der Waals surface area contributed by atoms with Gasteiger partial charge in [0.1, 0.15) is 17.1 Å². The molecule has 0 aliphatic carbocycles. The fourth-order valence-corrected chi connectivity index (χ4v) is 3.70. The van der Waals surface area contributed by atoms with E-state index in [1.165, 1.54) is 6.92 Å². The molecule has 10 nitrogen and oxygen atoms in total. The fourth-order valence-electron chi connectivity index (χ4n) is 3.60. The molecule has 0 saturated heterocycles. The van der Waals surface area contributed by atoms with Gasteiger partial charge in [0.15, 0.2) is 5.78 Å². The number of carbonyl (C=O) groups excluding carboxylic acids is 2. The first-order valence-electron chi connectivity index (χ1n) is 10.9. The summed E-state index contributed by atoms with van der Waals surface area (Å²) in [5, 5.41) is 8.09. The first kappa shape index (κ1) is 25.5. The lowest BCUT2D eigenvalue weighted by Gasteiger charge is -1.97. The molecule has 0 fully saturated rings. The van der Waals surface area contributed by atoms with Crippen molar-refractivity contribution in [3.05, 3.63) is 87.3 Å². The summed E-state index contributed by atoms with van der Waals surface area (Å²) >= 11 is 5.26. The van der Waals surface area contributed by atoms with Crippen LogP contribution in [-0.4, -0.2) is 37.1 Å². The van der Waals surface area contributed by atoms with Crippen molar-refractivity contribution in [1.29, 1.82) is 0 Å². The fraction of sp³-hybridized carbons (Fsp3) is 0.280. The maximum Gasteiger partial charge on any atom is 0.354 e. The molecule has 0 atom stereocenters. The predicted molar refractivity (Wildman–Crippen MR) is 125 cm³/mol. The van der Waals surface area contributed by atoms with Gasteiger partial charge in [-0.2, -0.15) is 0 Å². The maximum atomic E-state index is 10.9. The number of ether oxygens (including phenoxy) is 3. The highest BCUT2D eigenvalue weighted by atomic mass is 35.5. The average Bonchev–Trinajstić information content (AvgIpc) is 3.63. The van der Waals surface area contributed by atoms with Crippen molar-refractivity contribution in [2.75, 3.05) is 0 Å². The van der Waals surface area contributed by atoms with Gasteiger partial charge in [0, 0.05) is 42.2 Å². The quantitative estimate of drug-likeness (QED) is 0.409. The van der Waals surface area contributed by atoms with Crippen LogP contribution in [0.1, 0.15) is 71.8 Å². The van der Waals surface area contributed by atoms with E-state index in [1.807, 2.05) is 6.07 Å². The minimum Gasteiger partial charge on any atom is -0.477 e. The number of pyridine rings is 3. The molecule has 11 heteroatoms. The van der Waals surface area contributed by atoms with E-state index in [1.54, 1.807) is 30.7 Å². The highest BCUT2D eigenvalue weighted by molar-refractivity contribution is 6.67. The number of aromatic nitrogens is 3. The lowest BCUT2D eigenvalue weighted by Crippen LogP contribution is -2.01. The SMILES string of the molecule is CC(=O)c1cc2c(cn1)COC2.O=C(Cl)c1cc2c(cn1)COC2.O=C(O)c1cc2c(cn1)COC2. The molecule has 0 aromatic carbocycles. The Morgan fingerprint density at radius 2 is 1.03 bits per heavy atom. The van der Waals surface area contributed by atoms with Gasteiger partial charge in [-0.1, -0.05) is 0 Å². The van der Waals surface area contributed by atoms with Crippen LogP contribution in [0.2, 0.25) is 0 Å². The van der Waals surface area contributed by atoms with Crippen LogP contribution in [0.4, 0.5) is 0 Å². The second kappa shape index (κ2) is 11.4. The van der Waals surface area contributed by atoms with Crippen molar-refractivity contribution in [3.63, 3.8) is 0 Å². The van der Waals surface area contributed by atoms with E-state index < -0.39 is 11.2 Å². The molecule has 36 heavy (non-hydrogen) atoms. The monoisotopic (exact) mass is 511 g/mol. The molecule has 0 bridgehead atoms. The number of nitrogens with zero attached hydrogens (tertiary/aromatic N) is 3. The summed E-state index contributed by atoms with van der Waals surface area (Å²) in [5.41, 5.74) is 7.06. The number of hydrogen-bond donors (Lipinski definition) is 1. The van der Waals surface area contributed by atoms with Crippen molar-refractivity contribution < 1.29 is 33.7 Å². The normalized spacial score (nSPS) is 14.4. The largest absolute Gasteiger partial charge is 0.477 e. The van der Waals surface area contributed by atoms with Crippen LogP contribution in [0.15, 0.2) is 36.8 Å². The third-order valence-electron chi connectivity index (χ3n) is 5.58. The van der Waals surface area contributed by atoms with Gasteiger partial charge in [-0.05, 0) is 46.5 Å². The second-order valence-corrected chi connectivity index (χ2v) is 8.47. The van der Waals surface area contributed by atoms with Crippen molar-refractivity contribution in [1.82, 2.24) is 15.0 Å². The summed E-state index contributed by atoms with van der Waals surface area (Å²) in [6, 6.07) is 5.05. The zero-order valence-electron chi connectivity index (χ0n) is 19.3. The van der Waals surface area contributed by atoms with Gasteiger partial charge in [-0.3, -0.25) is 19.6 Å². The molecule has 3 aromatic heterocycles. The molecular weight excluding hydrogens is 490 g/mol. The molecule has 6 heterocycles. The van der Waals surface area contributed by atoms with Gasteiger partial charge < -0.3 is 19.3 Å². The van der Waals surface area contributed by atoms with Gasteiger partial charge >= 0.3 is 5.97 Å². The number of hydrogen-bond acceptors (Lipinski definition) is 9. The Kier molecular flexibility index (Phi) is 8.11. The van der Waals surface area contributed by atoms with Gasteiger partial charge in [0.05, 0.1) is 39.6 Å². The average molecular weight is 512 g/mol. The molecule has 0 spiro atoms. The number of ketones is 1. The zero-order valence-corrected chi connectivity index (χ0v) is 20.1. The van der Waals surface area contributed by atoms with Crippen LogP contribution >= 0.6 is 11.6 Å². The topological polar surface area (TPSA) is 138 Å². The minimum atomic E-state index is -0.996. The highest BCUT2D eigenvalue weighted by Gasteiger charge is 2.16. The molecule has 3 aliphatic heterocycles. The summed E-state index contributed by atoms with van der Waals surface area (Å²) in [5.74, 6) is -0.991. The third-order valence-corrected chi connectivity index (χ3v) is 5.77. The molecule has 3 aromatic rings. The Labute approximate surface area is 211 Å². The first-order chi connectivity index (χ1) is 17.3. The predicted octanol–water partition coefficient (Wildman–Crippen LogP) is 3.62. The molecule has 6 rings (SSSR count). The Morgan fingerprint density at radius 1 is 0.667 bits per heavy atom. The number of carboxylic acid groups (broad SMARTS) is 1. The van der Waals surface area contributed by atoms with Gasteiger partial charge in [0.2, 0.25) is 0 Å². The van der Waals surface area contributed by atoms with Crippen LogP contribution < -0.4 is 0 Å². The highest BCUT2D eigenvalue weighted by Crippen LogP contribution is 2.21. The number of aromatic carboxylic acids is 1. The number of carboxylic acids is 1. The van der Waals surface area contributed by atoms with Gasteiger partial charge in [0.25, 0.3) is 5.24 Å². The third kappa shape index (κ3) is 6.16. The maximum absolute atomic E-state index is 10.9. The van der Waals surface area contributed by atoms with Crippen molar-refractivity contribution in [2.24, 2.45) is 0 Å². The van der Waals surface area contributed by atoms with Crippen molar-refractivity contribution in [2.45, 2.75) is 46.6 Å². The number of fused-ring (bicyclic) bond motifs is 3. The molecule has 0 radical (unpaired) electrons. The van der Waals surface area contributed by atoms with Crippen LogP contribution in [-0.2, 0) is 53.9 Å². The first-order valence-corrected chi connectivity index (χ1v) is 11.3. The standard InChI is InChI=1S/C9H9NO2.C8H6ClNO2.C8H7NO3/c1-6(11)9-2-7-4-12-5-8(7)3-10-9;9-8(11)7-1-5-3-12-4-6(5)2-10-7;10-8(11)7-1-5-3-12-4-6(5)2-9-7/h2-3H,4-5H2,1H3;1-2H,3-4H2;1-2H,3-4H2,(H,10,11). The van der Waals surface area contributed by atoms with E-state index in [-0.39, 0.29) is 11.5 Å². The van der Waals surface area contributed by atoms with E-state index in [4.69, 9.17) is 30.9 Å². The second-order valence-electron chi connectivity index (χ2n) is 8.13. The van der Waals surface area contributed by atoms with E-state index in [9.17, 15) is 14.4 Å². The van der Waals surface area contributed by atoms with E-state index >= 15 is 0 Å². The van der Waals surface area contributed by atoms with Crippen molar-refractivity contribution in [3.8, 4) is 0 Å². The van der Waals surface area contributed by atoms with Crippen LogP contribution in [0.25, 0.3) is 0 Å². The van der Waals surface area contributed by atoms with E-state index in [0.717, 1.165) is 33.4 Å². The van der Waals surface area contributed by atoms with Crippen LogP contribution in [0, 0.1) is 0 Å². The Morgan fingerprint density at radius 3 is 1.44 bits per heavy atom. The van der Waals surface area contributed by atoms with Gasteiger partial charge in [-0.25, -0.2) is 9.78 Å². The molecule has 0 amide bonds. The molecular formula is C25H22ClN3O7. The summed E-state index contributed by atoms with van der Waals surface area (Å²) in [7, 11) is 0. The Hall–Kier alpha value is -3.57. The Bertz CT molecular complexity index is 1170.